The first kappa shape index (κ1) is 45.5. The summed E-state index contributed by atoms with van der Waals surface area (Å²) in [6, 6.07) is 0. The first-order valence-corrected chi connectivity index (χ1v) is 20.5. The second kappa shape index (κ2) is 34.3. The maximum absolute atomic E-state index is 12.4. The fraction of sp³-hybridized carbons (Fsp3) is 0.972. The van der Waals surface area contributed by atoms with Gasteiger partial charge in [-0.1, -0.05) is 162 Å². The summed E-state index contributed by atoms with van der Waals surface area (Å²) >= 11 is 0. The van der Waals surface area contributed by atoms with Crippen LogP contribution in [0.3, 0.4) is 0 Å². The zero-order chi connectivity index (χ0) is 34.0. The van der Waals surface area contributed by atoms with Gasteiger partial charge in [-0.05, 0) is 12.8 Å². The Hall–Kier alpha value is -0.540. The second-order valence-corrected chi connectivity index (χ2v) is 14.4. The fourth-order valence-corrected chi connectivity index (χ4v) is 6.15. The van der Waals surface area contributed by atoms with Gasteiger partial charge in [0.25, 0.3) is 0 Å². The van der Waals surface area contributed by atoms with E-state index in [2.05, 4.69) is 13.8 Å². The number of aliphatic hydroxyl groups excluding tert-OH is 2. The topological polar surface area (TPSA) is 132 Å². The van der Waals surface area contributed by atoms with E-state index in [-0.39, 0.29) is 25.6 Å². The summed E-state index contributed by atoms with van der Waals surface area (Å²) < 4.78 is 33.1. The molecule has 9 nitrogen and oxygen atoms in total. The van der Waals surface area contributed by atoms with Gasteiger partial charge in [-0.25, -0.2) is 4.57 Å². The van der Waals surface area contributed by atoms with Crippen molar-refractivity contribution in [3.05, 3.63) is 0 Å². The molecular weight excluding hydrogens is 607 g/mol. The molecule has 46 heavy (non-hydrogen) atoms. The monoisotopic (exact) mass is 680 g/mol. The lowest BCUT2D eigenvalue weighted by atomic mass is 10.0. The Morgan fingerprint density at radius 1 is 0.587 bits per heavy atom. The maximum atomic E-state index is 12.4. The van der Waals surface area contributed by atoms with Gasteiger partial charge in [0.2, 0.25) is 0 Å². The Morgan fingerprint density at radius 3 is 1.41 bits per heavy atom. The molecule has 3 N–H and O–H groups in total. The molecule has 0 aromatic carbocycles. The molecule has 1 unspecified atom stereocenters. The van der Waals surface area contributed by atoms with Gasteiger partial charge in [0, 0.05) is 13.0 Å². The van der Waals surface area contributed by atoms with Crippen LogP contribution in [-0.4, -0.2) is 66.3 Å². The molecule has 0 saturated heterocycles. The molecule has 0 aromatic rings. The summed E-state index contributed by atoms with van der Waals surface area (Å²) in [5.41, 5.74) is 0. The van der Waals surface area contributed by atoms with Crippen LogP contribution in [0.4, 0.5) is 0 Å². The molecule has 276 valence electrons. The first-order chi connectivity index (χ1) is 22.3. The number of esters is 1. The van der Waals surface area contributed by atoms with Crippen LogP contribution in [0.15, 0.2) is 0 Å². The molecule has 0 amide bonds. The zero-order valence-corrected chi connectivity index (χ0v) is 30.7. The molecule has 0 spiro atoms. The Morgan fingerprint density at radius 2 is 0.978 bits per heavy atom. The van der Waals surface area contributed by atoms with E-state index >= 15 is 0 Å². The van der Waals surface area contributed by atoms with E-state index in [9.17, 15) is 19.4 Å². The molecule has 10 heteroatoms. The van der Waals surface area contributed by atoms with E-state index in [0.29, 0.717) is 6.61 Å². The van der Waals surface area contributed by atoms with Crippen molar-refractivity contribution in [3.8, 4) is 0 Å². The highest BCUT2D eigenvalue weighted by molar-refractivity contribution is 7.47. The molecule has 0 fully saturated rings. The number of carbonyl (C=O) groups is 1. The molecule has 0 rings (SSSR count). The predicted molar refractivity (Wildman–Crippen MR) is 187 cm³/mol. The summed E-state index contributed by atoms with van der Waals surface area (Å²) in [5, 5.41) is 18.2. The number of hydrogen-bond acceptors (Lipinski definition) is 8. The van der Waals surface area contributed by atoms with E-state index in [1.54, 1.807) is 0 Å². The number of ether oxygens (including phenoxy) is 2. The van der Waals surface area contributed by atoms with Crippen LogP contribution in [0, 0.1) is 0 Å². The molecule has 0 saturated carbocycles. The van der Waals surface area contributed by atoms with E-state index in [4.69, 9.17) is 23.6 Å². The van der Waals surface area contributed by atoms with Crippen LogP contribution >= 0.6 is 7.82 Å². The smallest absolute Gasteiger partial charge is 0.457 e. The molecular formula is C36H73O9P. The van der Waals surface area contributed by atoms with Crippen molar-refractivity contribution in [1.29, 1.82) is 0 Å². The van der Waals surface area contributed by atoms with Crippen molar-refractivity contribution in [2.24, 2.45) is 0 Å². The number of phosphoric acid groups is 1. The number of rotatable bonds is 37. The number of phosphoric ester groups is 1. The minimum Gasteiger partial charge on any atom is -0.457 e. The highest BCUT2D eigenvalue weighted by Crippen LogP contribution is 2.43. The SMILES string of the molecule is CCCCCCCCCCCCCCCCCCCCOC[C@H](COP(=O)(O)OC[C@@H](O)CO)OC(=O)CCCCCCCCC. The molecule has 0 aromatic heterocycles. The van der Waals surface area contributed by atoms with Gasteiger partial charge < -0.3 is 24.6 Å². The van der Waals surface area contributed by atoms with Crippen LogP contribution in [0.1, 0.15) is 181 Å². The molecule has 0 bridgehead atoms. The lowest BCUT2D eigenvalue weighted by molar-refractivity contribution is -0.154. The van der Waals surface area contributed by atoms with Crippen LogP contribution in [0.5, 0.6) is 0 Å². The van der Waals surface area contributed by atoms with Crippen molar-refractivity contribution in [2.45, 2.75) is 193 Å². The highest BCUT2D eigenvalue weighted by atomic mass is 31.2. The summed E-state index contributed by atoms with van der Waals surface area (Å²) in [6.45, 7) is 3.50. The summed E-state index contributed by atoms with van der Waals surface area (Å²) in [4.78, 5) is 22.3. The number of unbranched alkanes of at least 4 members (excludes halogenated alkanes) is 23. The lowest BCUT2D eigenvalue weighted by Gasteiger charge is -2.20. The van der Waals surface area contributed by atoms with E-state index in [1.807, 2.05) is 0 Å². The Labute approximate surface area is 282 Å². The quantitative estimate of drug-likeness (QED) is 0.0333. The van der Waals surface area contributed by atoms with Crippen LogP contribution in [-0.2, 0) is 27.9 Å². The van der Waals surface area contributed by atoms with Gasteiger partial charge in [0.05, 0.1) is 26.4 Å². The van der Waals surface area contributed by atoms with Gasteiger partial charge in [0.1, 0.15) is 12.2 Å². The van der Waals surface area contributed by atoms with Gasteiger partial charge >= 0.3 is 13.8 Å². The lowest BCUT2D eigenvalue weighted by Crippen LogP contribution is -2.29. The molecule has 0 aliphatic rings. The highest BCUT2D eigenvalue weighted by Gasteiger charge is 2.26. The fourth-order valence-electron chi connectivity index (χ4n) is 5.36. The molecule has 0 heterocycles. The average Bonchev–Trinajstić information content (AvgIpc) is 3.04. The van der Waals surface area contributed by atoms with E-state index in [1.165, 1.54) is 128 Å². The van der Waals surface area contributed by atoms with Crippen molar-refractivity contribution in [2.75, 3.05) is 33.0 Å². The summed E-state index contributed by atoms with van der Waals surface area (Å²) in [5.74, 6) is -0.386. The second-order valence-electron chi connectivity index (χ2n) is 13.0. The minimum atomic E-state index is -4.49. The third-order valence-electron chi connectivity index (χ3n) is 8.29. The Balaban J connectivity index is 4.04. The molecule has 0 aliphatic heterocycles. The number of hydrogen-bond donors (Lipinski definition) is 3. The third kappa shape index (κ3) is 33.4. The van der Waals surface area contributed by atoms with E-state index < -0.39 is 33.2 Å². The standard InChI is InChI=1S/C36H73O9P/c1-3-5-7-9-11-12-13-14-15-16-17-18-19-20-21-23-25-27-29-42-32-35(33-44-46(40,41)43-31-34(38)30-37)45-36(39)28-26-24-22-10-8-6-4-2/h34-35,37-38H,3-33H2,1-2H3,(H,40,41)/t34-,35+/m0/s1. The predicted octanol–water partition coefficient (Wildman–Crippen LogP) is 9.58. The molecule has 0 aliphatic carbocycles. The minimum absolute atomic E-state index is 0.0565. The van der Waals surface area contributed by atoms with Gasteiger partial charge in [0.15, 0.2) is 0 Å². The Kier molecular flexibility index (Phi) is 33.9. The van der Waals surface area contributed by atoms with Crippen molar-refractivity contribution in [3.63, 3.8) is 0 Å². The van der Waals surface area contributed by atoms with Crippen molar-refractivity contribution >= 4 is 13.8 Å². The zero-order valence-electron chi connectivity index (χ0n) is 29.8. The van der Waals surface area contributed by atoms with Crippen LogP contribution < -0.4 is 0 Å². The number of aliphatic hydroxyl groups is 2. The van der Waals surface area contributed by atoms with Gasteiger partial charge in [-0.2, -0.15) is 0 Å². The van der Waals surface area contributed by atoms with E-state index in [0.717, 1.165) is 32.1 Å². The number of carbonyl (C=O) groups excluding carboxylic acids is 1. The maximum Gasteiger partial charge on any atom is 0.472 e. The third-order valence-corrected chi connectivity index (χ3v) is 9.24. The van der Waals surface area contributed by atoms with Gasteiger partial charge in [-0.15, -0.1) is 0 Å². The summed E-state index contributed by atoms with van der Waals surface area (Å²) in [7, 11) is -4.49. The van der Waals surface area contributed by atoms with Crippen LogP contribution in [0.25, 0.3) is 0 Å². The molecule has 0 radical (unpaired) electrons. The van der Waals surface area contributed by atoms with Crippen molar-refractivity contribution in [1.82, 2.24) is 0 Å². The van der Waals surface area contributed by atoms with Gasteiger partial charge in [-0.3, -0.25) is 13.8 Å². The van der Waals surface area contributed by atoms with Crippen molar-refractivity contribution < 1.29 is 43.0 Å². The largest absolute Gasteiger partial charge is 0.472 e. The molecule has 3 atom stereocenters. The Bertz CT molecular complexity index is 694. The normalized spacial score (nSPS) is 14.3. The first-order valence-electron chi connectivity index (χ1n) is 19.0. The van der Waals surface area contributed by atoms with Crippen LogP contribution in [0.2, 0.25) is 0 Å². The summed E-state index contributed by atoms with van der Waals surface area (Å²) in [6.07, 6.45) is 29.4. The average molecular weight is 681 g/mol.